The van der Waals surface area contributed by atoms with Gasteiger partial charge in [-0.25, -0.2) is 0 Å². The zero-order chi connectivity index (χ0) is 13.8. The SMILES string of the molecule is O=C(NCc1ccco1)c1nc(-c2ccccc2)no1. The van der Waals surface area contributed by atoms with Gasteiger partial charge in [-0.2, -0.15) is 4.98 Å². The van der Waals surface area contributed by atoms with Crippen molar-refractivity contribution in [3.63, 3.8) is 0 Å². The van der Waals surface area contributed by atoms with E-state index < -0.39 is 5.91 Å². The Kier molecular flexibility index (Phi) is 3.28. The number of nitrogens with one attached hydrogen (secondary N) is 1. The number of rotatable bonds is 4. The summed E-state index contributed by atoms with van der Waals surface area (Å²) in [5.41, 5.74) is 0.793. The highest BCUT2D eigenvalue weighted by Crippen LogP contribution is 2.14. The standard InChI is InChI=1S/C14H11N3O3/c18-13(15-9-11-7-4-8-19-11)14-16-12(17-20-14)10-5-2-1-3-6-10/h1-8H,9H2,(H,15,18). The number of furan rings is 1. The first-order valence-electron chi connectivity index (χ1n) is 6.02. The van der Waals surface area contributed by atoms with Crippen LogP contribution in [0.5, 0.6) is 0 Å². The molecule has 0 aliphatic rings. The molecule has 1 N–H and O–H groups in total. The summed E-state index contributed by atoms with van der Waals surface area (Å²) in [6, 6.07) is 12.8. The van der Waals surface area contributed by atoms with Crippen LogP contribution in [-0.4, -0.2) is 16.0 Å². The Labute approximate surface area is 114 Å². The highest BCUT2D eigenvalue weighted by molar-refractivity contribution is 5.89. The maximum atomic E-state index is 11.8. The number of carbonyl (C=O) groups excluding carboxylic acids is 1. The topological polar surface area (TPSA) is 81.2 Å². The fraction of sp³-hybridized carbons (Fsp3) is 0.0714. The first kappa shape index (κ1) is 12.2. The van der Waals surface area contributed by atoms with Crippen molar-refractivity contribution < 1.29 is 13.7 Å². The molecule has 0 saturated heterocycles. The molecule has 6 nitrogen and oxygen atoms in total. The average Bonchev–Trinajstić information content (AvgIpc) is 3.17. The molecule has 100 valence electrons. The number of hydrogen-bond acceptors (Lipinski definition) is 5. The van der Waals surface area contributed by atoms with Gasteiger partial charge in [0.2, 0.25) is 5.82 Å². The van der Waals surface area contributed by atoms with Gasteiger partial charge in [0.15, 0.2) is 0 Å². The average molecular weight is 269 g/mol. The molecule has 0 aliphatic heterocycles. The van der Waals surface area contributed by atoms with Crippen molar-refractivity contribution >= 4 is 5.91 Å². The molecule has 3 rings (SSSR count). The zero-order valence-electron chi connectivity index (χ0n) is 10.4. The number of nitrogens with zero attached hydrogens (tertiary/aromatic N) is 2. The summed E-state index contributed by atoms with van der Waals surface area (Å²) in [5.74, 6) is 0.529. The lowest BCUT2D eigenvalue weighted by Crippen LogP contribution is -2.22. The van der Waals surface area contributed by atoms with Crippen LogP contribution in [0.1, 0.15) is 16.4 Å². The Balaban J connectivity index is 1.69. The Morgan fingerprint density at radius 3 is 2.75 bits per heavy atom. The third kappa shape index (κ3) is 2.59. The molecule has 0 atom stereocenters. The van der Waals surface area contributed by atoms with Crippen LogP contribution in [0.25, 0.3) is 11.4 Å². The predicted octanol–water partition coefficient (Wildman–Crippen LogP) is 2.26. The monoisotopic (exact) mass is 269 g/mol. The van der Waals surface area contributed by atoms with E-state index in [1.807, 2.05) is 30.3 Å². The van der Waals surface area contributed by atoms with Crippen molar-refractivity contribution in [2.24, 2.45) is 0 Å². The normalized spacial score (nSPS) is 10.4. The van der Waals surface area contributed by atoms with Crippen LogP contribution >= 0.6 is 0 Å². The number of carbonyl (C=O) groups is 1. The van der Waals surface area contributed by atoms with E-state index in [1.54, 1.807) is 18.4 Å². The van der Waals surface area contributed by atoms with Gasteiger partial charge < -0.3 is 14.3 Å². The lowest BCUT2D eigenvalue weighted by molar-refractivity contribution is 0.0904. The first-order chi connectivity index (χ1) is 9.83. The maximum Gasteiger partial charge on any atom is 0.316 e. The van der Waals surface area contributed by atoms with E-state index in [9.17, 15) is 4.79 Å². The molecule has 0 saturated carbocycles. The Bertz CT molecular complexity index is 690. The third-order valence-electron chi connectivity index (χ3n) is 2.66. The van der Waals surface area contributed by atoms with Gasteiger partial charge in [0.1, 0.15) is 5.76 Å². The van der Waals surface area contributed by atoms with Gasteiger partial charge in [0.05, 0.1) is 12.8 Å². The minimum Gasteiger partial charge on any atom is -0.467 e. The predicted molar refractivity (Wildman–Crippen MR) is 69.6 cm³/mol. The minimum atomic E-state index is -0.434. The van der Waals surface area contributed by atoms with Crippen molar-refractivity contribution in [3.05, 3.63) is 60.4 Å². The molecule has 0 radical (unpaired) electrons. The lowest BCUT2D eigenvalue weighted by atomic mass is 10.2. The molecule has 6 heteroatoms. The number of aromatic nitrogens is 2. The van der Waals surface area contributed by atoms with Crippen molar-refractivity contribution in [2.75, 3.05) is 0 Å². The number of benzene rings is 1. The van der Waals surface area contributed by atoms with E-state index >= 15 is 0 Å². The van der Waals surface area contributed by atoms with E-state index in [2.05, 4.69) is 15.5 Å². The summed E-state index contributed by atoms with van der Waals surface area (Å²) >= 11 is 0. The molecule has 1 aromatic carbocycles. The second kappa shape index (κ2) is 5.40. The van der Waals surface area contributed by atoms with Crippen LogP contribution in [-0.2, 0) is 6.54 Å². The highest BCUT2D eigenvalue weighted by Gasteiger charge is 2.15. The van der Waals surface area contributed by atoms with Gasteiger partial charge in [0, 0.05) is 5.56 Å². The summed E-state index contributed by atoms with van der Waals surface area (Å²) in [6.45, 7) is 0.273. The van der Waals surface area contributed by atoms with Gasteiger partial charge in [-0.05, 0) is 12.1 Å². The molecule has 3 aromatic rings. The first-order valence-corrected chi connectivity index (χ1v) is 6.02. The van der Waals surface area contributed by atoms with Crippen molar-refractivity contribution in [1.82, 2.24) is 15.5 Å². The fourth-order valence-corrected chi connectivity index (χ4v) is 1.68. The lowest BCUT2D eigenvalue weighted by Gasteiger charge is -1.97. The molecule has 0 fully saturated rings. The van der Waals surface area contributed by atoms with Gasteiger partial charge in [-0.15, -0.1) is 0 Å². The zero-order valence-corrected chi connectivity index (χ0v) is 10.4. The number of amides is 1. The van der Waals surface area contributed by atoms with E-state index in [-0.39, 0.29) is 12.4 Å². The largest absolute Gasteiger partial charge is 0.467 e. The van der Waals surface area contributed by atoms with E-state index in [0.29, 0.717) is 11.6 Å². The molecule has 0 spiro atoms. The second-order valence-corrected chi connectivity index (χ2v) is 4.05. The van der Waals surface area contributed by atoms with E-state index in [0.717, 1.165) is 5.56 Å². The molecule has 2 heterocycles. The van der Waals surface area contributed by atoms with E-state index in [1.165, 1.54) is 0 Å². The van der Waals surface area contributed by atoms with Crippen LogP contribution in [0.2, 0.25) is 0 Å². The van der Waals surface area contributed by atoms with Crippen LogP contribution in [0.15, 0.2) is 57.7 Å². The summed E-state index contributed by atoms with van der Waals surface area (Å²) in [5, 5.41) is 6.42. The summed E-state index contributed by atoms with van der Waals surface area (Å²) in [6.07, 6.45) is 1.54. The molecule has 20 heavy (non-hydrogen) atoms. The minimum absolute atomic E-state index is 0.0737. The smallest absolute Gasteiger partial charge is 0.316 e. The molecule has 0 aliphatic carbocycles. The van der Waals surface area contributed by atoms with Crippen molar-refractivity contribution in [3.8, 4) is 11.4 Å². The Hall–Kier alpha value is -2.89. The van der Waals surface area contributed by atoms with Crippen molar-refractivity contribution in [2.45, 2.75) is 6.54 Å². The van der Waals surface area contributed by atoms with Gasteiger partial charge >= 0.3 is 11.8 Å². The van der Waals surface area contributed by atoms with Crippen LogP contribution in [0.4, 0.5) is 0 Å². The van der Waals surface area contributed by atoms with Crippen LogP contribution in [0, 0.1) is 0 Å². The molecular formula is C14H11N3O3. The summed E-state index contributed by atoms with van der Waals surface area (Å²) in [4.78, 5) is 15.9. The molecular weight excluding hydrogens is 258 g/mol. The van der Waals surface area contributed by atoms with Crippen molar-refractivity contribution in [1.29, 1.82) is 0 Å². The Morgan fingerprint density at radius 1 is 1.15 bits per heavy atom. The molecule has 1 amide bonds. The van der Waals surface area contributed by atoms with Crippen LogP contribution in [0.3, 0.4) is 0 Å². The van der Waals surface area contributed by atoms with Gasteiger partial charge in [0.25, 0.3) is 0 Å². The molecule has 0 unspecified atom stereocenters. The Morgan fingerprint density at radius 2 is 2.00 bits per heavy atom. The third-order valence-corrected chi connectivity index (χ3v) is 2.66. The maximum absolute atomic E-state index is 11.8. The van der Waals surface area contributed by atoms with Gasteiger partial charge in [-0.1, -0.05) is 35.5 Å². The summed E-state index contributed by atoms with van der Waals surface area (Å²) in [7, 11) is 0. The number of hydrogen-bond donors (Lipinski definition) is 1. The fourth-order valence-electron chi connectivity index (χ4n) is 1.68. The second-order valence-electron chi connectivity index (χ2n) is 4.05. The molecule has 0 bridgehead atoms. The highest BCUT2D eigenvalue weighted by atomic mass is 16.5. The van der Waals surface area contributed by atoms with Gasteiger partial charge in [-0.3, -0.25) is 4.79 Å². The van der Waals surface area contributed by atoms with E-state index in [4.69, 9.17) is 8.94 Å². The van der Waals surface area contributed by atoms with Crippen LogP contribution < -0.4 is 5.32 Å². The summed E-state index contributed by atoms with van der Waals surface area (Å²) < 4.78 is 10.1. The quantitative estimate of drug-likeness (QED) is 0.785. The molecule has 2 aromatic heterocycles.